The molecule has 0 aliphatic heterocycles. The Bertz CT molecular complexity index is 256. The third kappa shape index (κ3) is 2.61. The first-order valence-corrected chi connectivity index (χ1v) is 4.16. The van der Waals surface area contributed by atoms with E-state index in [-0.39, 0.29) is 11.5 Å². The molecule has 4 heteroatoms. The molecule has 0 unspecified atom stereocenters. The standard InChI is InChI=1S/C9H14N2O2/c10-4-5-11-6-7-8(12)2-1-3-9(7)13/h1-3,11-13H,4-6,10H2. The van der Waals surface area contributed by atoms with Gasteiger partial charge in [0.1, 0.15) is 11.5 Å². The van der Waals surface area contributed by atoms with E-state index < -0.39 is 0 Å². The first-order valence-electron chi connectivity index (χ1n) is 4.16. The Labute approximate surface area is 77.0 Å². The molecule has 4 nitrogen and oxygen atoms in total. The number of nitrogens with two attached hydrogens (primary N) is 1. The fourth-order valence-electron chi connectivity index (χ4n) is 1.06. The number of hydrogen-bond acceptors (Lipinski definition) is 4. The first kappa shape index (κ1) is 9.83. The normalized spacial score (nSPS) is 10.2. The number of nitrogens with one attached hydrogen (secondary N) is 1. The van der Waals surface area contributed by atoms with Crippen LogP contribution in [0.25, 0.3) is 0 Å². The predicted molar refractivity (Wildman–Crippen MR) is 50.5 cm³/mol. The zero-order valence-corrected chi connectivity index (χ0v) is 7.33. The van der Waals surface area contributed by atoms with Gasteiger partial charge in [0, 0.05) is 25.2 Å². The van der Waals surface area contributed by atoms with Crippen LogP contribution in [0.5, 0.6) is 11.5 Å². The van der Waals surface area contributed by atoms with Crippen LogP contribution in [-0.4, -0.2) is 23.3 Å². The van der Waals surface area contributed by atoms with Crippen molar-refractivity contribution < 1.29 is 10.2 Å². The van der Waals surface area contributed by atoms with Crippen LogP contribution in [0.4, 0.5) is 0 Å². The van der Waals surface area contributed by atoms with Crippen molar-refractivity contribution >= 4 is 0 Å². The fraction of sp³-hybridized carbons (Fsp3) is 0.333. The molecule has 5 N–H and O–H groups in total. The van der Waals surface area contributed by atoms with Crippen LogP contribution in [0, 0.1) is 0 Å². The lowest BCUT2D eigenvalue weighted by Crippen LogP contribution is -2.21. The third-order valence-corrected chi connectivity index (χ3v) is 1.75. The highest BCUT2D eigenvalue weighted by atomic mass is 16.3. The van der Waals surface area contributed by atoms with Crippen molar-refractivity contribution in [3.05, 3.63) is 23.8 Å². The lowest BCUT2D eigenvalue weighted by molar-refractivity contribution is 0.433. The maximum Gasteiger partial charge on any atom is 0.123 e. The lowest BCUT2D eigenvalue weighted by atomic mass is 10.2. The Kier molecular flexibility index (Phi) is 3.54. The largest absolute Gasteiger partial charge is 0.507 e. The minimum atomic E-state index is 0.101. The topological polar surface area (TPSA) is 78.5 Å². The molecule has 0 spiro atoms. The number of benzene rings is 1. The second-order valence-corrected chi connectivity index (χ2v) is 2.74. The van der Waals surface area contributed by atoms with E-state index >= 15 is 0 Å². The fourth-order valence-corrected chi connectivity index (χ4v) is 1.06. The first-order chi connectivity index (χ1) is 6.25. The van der Waals surface area contributed by atoms with E-state index in [1.165, 1.54) is 0 Å². The van der Waals surface area contributed by atoms with Crippen molar-refractivity contribution in [2.75, 3.05) is 13.1 Å². The highest BCUT2D eigenvalue weighted by Crippen LogP contribution is 2.25. The van der Waals surface area contributed by atoms with Gasteiger partial charge in [-0.05, 0) is 12.1 Å². The summed E-state index contributed by atoms with van der Waals surface area (Å²) in [5.41, 5.74) is 5.79. The van der Waals surface area contributed by atoms with Gasteiger partial charge >= 0.3 is 0 Å². The molecule has 72 valence electrons. The van der Waals surface area contributed by atoms with Crippen molar-refractivity contribution in [3.63, 3.8) is 0 Å². The van der Waals surface area contributed by atoms with Crippen molar-refractivity contribution in [1.82, 2.24) is 5.32 Å². The van der Waals surface area contributed by atoms with Crippen LogP contribution in [0.15, 0.2) is 18.2 Å². The quantitative estimate of drug-likeness (QED) is 0.500. The molecule has 0 aliphatic rings. The van der Waals surface area contributed by atoms with Gasteiger partial charge in [-0.25, -0.2) is 0 Å². The van der Waals surface area contributed by atoms with E-state index in [9.17, 15) is 10.2 Å². The molecule has 0 atom stereocenters. The van der Waals surface area contributed by atoms with Crippen LogP contribution >= 0.6 is 0 Å². The molecule has 1 aromatic carbocycles. The monoisotopic (exact) mass is 182 g/mol. The Morgan fingerprint density at radius 1 is 1.23 bits per heavy atom. The Balaban J connectivity index is 2.64. The van der Waals surface area contributed by atoms with Crippen LogP contribution in [0.2, 0.25) is 0 Å². The van der Waals surface area contributed by atoms with Crippen molar-refractivity contribution in [2.24, 2.45) is 5.73 Å². The van der Waals surface area contributed by atoms with E-state index in [0.717, 1.165) is 0 Å². The molecule has 0 heterocycles. The molecule has 0 aliphatic carbocycles. The van der Waals surface area contributed by atoms with Gasteiger partial charge in [0.05, 0.1) is 0 Å². The number of aromatic hydroxyl groups is 2. The molecule has 0 fully saturated rings. The van der Waals surface area contributed by atoms with Crippen molar-refractivity contribution in [1.29, 1.82) is 0 Å². The number of rotatable bonds is 4. The molecule has 0 saturated carbocycles. The zero-order valence-electron chi connectivity index (χ0n) is 7.33. The molecular weight excluding hydrogens is 168 g/mol. The van der Waals surface area contributed by atoms with Gasteiger partial charge in [-0.15, -0.1) is 0 Å². The molecular formula is C9H14N2O2. The van der Waals surface area contributed by atoms with E-state index in [2.05, 4.69) is 5.32 Å². The third-order valence-electron chi connectivity index (χ3n) is 1.75. The Morgan fingerprint density at radius 2 is 1.85 bits per heavy atom. The van der Waals surface area contributed by atoms with E-state index in [4.69, 9.17) is 5.73 Å². The maximum absolute atomic E-state index is 9.36. The molecule has 1 aromatic rings. The summed E-state index contributed by atoms with van der Waals surface area (Å²) in [6.07, 6.45) is 0. The van der Waals surface area contributed by atoms with E-state index in [0.29, 0.717) is 25.2 Å². The smallest absolute Gasteiger partial charge is 0.123 e. The minimum absolute atomic E-state index is 0.101. The van der Waals surface area contributed by atoms with Gasteiger partial charge in [0.25, 0.3) is 0 Å². The SMILES string of the molecule is NCCNCc1c(O)cccc1O. The number of phenolic OH excluding ortho intramolecular Hbond substituents is 2. The average molecular weight is 182 g/mol. The summed E-state index contributed by atoms with van der Waals surface area (Å²) in [6.45, 7) is 1.62. The lowest BCUT2D eigenvalue weighted by Gasteiger charge is -2.07. The summed E-state index contributed by atoms with van der Waals surface area (Å²) in [6, 6.07) is 4.68. The molecule has 13 heavy (non-hydrogen) atoms. The summed E-state index contributed by atoms with van der Waals surface area (Å²) >= 11 is 0. The predicted octanol–water partition coefficient (Wildman–Crippen LogP) is 0.146. The molecule has 1 rings (SSSR count). The second-order valence-electron chi connectivity index (χ2n) is 2.74. The van der Waals surface area contributed by atoms with Crippen molar-refractivity contribution in [3.8, 4) is 11.5 Å². The van der Waals surface area contributed by atoms with Gasteiger partial charge in [-0.2, -0.15) is 0 Å². The van der Waals surface area contributed by atoms with Crippen LogP contribution in [0.3, 0.4) is 0 Å². The summed E-state index contributed by atoms with van der Waals surface area (Å²) in [4.78, 5) is 0. The van der Waals surface area contributed by atoms with Gasteiger partial charge in [-0.3, -0.25) is 0 Å². The van der Waals surface area contributed by atoms with Gasteiger partial charge in [-0.1, -0.05) is 6.07 Å². The van der Waals surface area contributed by atoms with Crippen LogP contribution < -0.4 is 11.1 Å². The molecule has 0 bridgehead atoms. The summed E-state index contributed by atoms with van der Waals surface area (Å²) < 4.78 is 0. The van der Waals surface area contributed by atoms with Gasteiger partial charge in [0.15, 0.2) is 0 Å². The Hall–Kier alpha value is -1.26. The summed E-state index contributed by atoms with van der Waals surface area (Å²) in [7, 11) is 0. The summed E-state index contributed by atoms with van der Waals surface area (Å²) in [5.74, 6) is 0.203. The molecule has 0 amide bonds. The number of phenols is 2. The molecule has 0 aromatic heterocycles. The summed E-state index contributed by atoms with van der Waals surface area (Å²) in [5, 5.41) is 21.7. The van der Waals surface area contributed by atoms with Gasteiger partial charge in [0.2, 0.25) is 0 Å². The minimum Gasteiger partial charge on any atom is -0.507 e. The molecule has 0 saturated heterocycles. The van der Waals surface area contributed by atoms with E-state index in [1.54, 1.807) is 18.2 Å². The second kappa shape index (κ2) is 4.69. The van der Waals surface area contributed by atoms with Crippen molar-refractivity contribution in [2.45, 2.75) is 6.54 Å². The average Bonchev–Trinajstić information content (AvgIpc) is 2.10. The zero-order chi connectivity index (χ0) is 9.68. The Morgan fingerprint density at radius 3 is 2.38 bits per heavy atom. The highest BCUT2D eigenvalue weighted by molar-refractivity contribution is 5.42. The molecule has 0 radical (unpaired) electrons. The number of hydrogen-bond donors (Lipinski definition) is 4. The maximum atomic E-state index is 9.36. The highest BCUT2D eigenvalue weighted by Gasteiger charge is 2.04. The van der Waals surface area contributed by atoms with Crippen LogP contribution in [0.1, 0.15) is 5.56 Å². The van der Waals surface area contributed by atoms with E-state index in [1.807, 2.05) is 0 Å². The van der Waals surface area contributed by atoms with Crippen LogP contribution in [-0.2, 0) is 6.54 Å². The van der Waals surface area contributed by atoms with Gasteiger partial charge < -0.3 is 21.3 Å².